The average Bonchev–Trinajstić information content (AvgIpc) is 2.99. The molecule has 1 amide bonds. The summed E-state index contributed by atoms with van der Waals surface area (Å²) in [4.78, 5) is 16.9. The second-order valence-corrected chi connectivity index (χ2v) is 7.91. The van der Waals surface area contributed by atoms with Crippen molar-refractivity contribution in [1.82, 2.24) is 9.80 Å². The molecule has 3 rings (SSSR count). The summed E-state index contributed by atoms with van der Waals surface area (Å²) < 4.78 is 10.7. The lowest BCUT2D eigenvalue weighted by atomic mass is 9.96. The minimum atomic E-state index is 0.253. The van der Waals surface area contributed by atoms with Gasteiger partial charge in [0.05, 0.1) is 0 Å². The van der Waals surface area contributed by atoms with Crippen molar-refractivity contribution in [3.63, 3.8) is 0 Å². The molecule has 0 radical (unpaired) electrons. The molecule has 0 saturated carbocycles. The zero-order chi connectivity index (χ0) is 17.2. The lowest BCUT2D eigenvalue weighted by Crippen LogP contribution is -2.50. The number of aryl methyl sites for hydroxylation is 1. The third kappa shape index (κ3) is 4.41. The van der Waals surface area contributed by atoms with Crippen LogP contribution in [0, 0.1) is 5.41 Å². The van der Waals surface area contributed by atoms with Crippen molar-refractivity contribution in [1.29, 1.82) is 0 Å². The molecular formula is C19H28N2O3. The van der Waals surface area contributed by atoms with Gasteiger partial charge in [-0.2, -0.15) is 0 Å². The fourth-order valence-corrected chi connectivity index (χ4v) is 3.33. The molecule has 2 heterocycles. The highest BCUT2D eigenvalue weighted by atomic mass is 16.7. The number of fused-ring (bicyclic) bond motifs is 1. The van der Waals surface area contributed by atoms with Crippen molar-refractivity contribution in [2.45, 2.75) is 33.6 Å². The smallest absolute Gasteiger partial charge is 0.231 e. The highest BCUT2D eigenvalue weighted by molar-refractivity contribution is 5.76. The van der Waals surface area contributed by atoms with Gasteiger partial charge in [-0.25, -0.2) is 0 Å². The normalized spacial score (nSPS) is 18.0. The predicted molar refractivity (Wildman–Crippen MR) is 93.4 cm³/mol. The fraction of sp³-hybridized carbons (Fsp3) is 0.632. The van der Waals surface area contributed by atoms with Crippen LogP contribution in [-0.4, -0.2) is 55.2 Å². The number of amides is 1. The number of hydrogen-bond donors (Lipinski definition) is 0. The van der Waals surface area contributed by atoms with Crippen LogP contribution in [0.1, 0.15) is 32.8 Å². The fourth-order valence-electron chi connectivity index (χ4n) is 3.33. The number of nitrogens with zero attached hydrogens (tertiary/aromatic N) is 2. The number of rotatable bonds is 4. The highest BCUT2D eigenvalue weighted by Gasteiger charge is 2.24. The Kier molecular flexibility index (Phi) is 4.99. The van der Waals surface area contributed by atoms with Gasteiger partial charge in [-0.05, 0) is 29.5 Å². The third-order valence-electron chi connectivity index (χ3n) is 4.49. The highest BCUT2D eigenvalue weighted by Crippen LogP contribution is 2.32. The molecule has 0 aliphatic carbocycles. The minimum absolute atomic E-state index is 0.253. The molecule has 1 aromatic carbocycles. The number of hydrogen-bond acceptors (Lipinski definition) is 4. The first-order chi connectivity index (χ1) is 11.4. The summed E-state index contributed by atoms with van der Waals surface area (Å²) in [5.41, 5.74) is 1.44. The van der Waals surface area contributed by atoms with Crippen LogP contribution in [0.3, 0.4) is 0 Å². The van der Waals surface area contributed by atoms with E-state index in [1.54, 1.807) is 0 Å². The summed E-state index contributed by atoms with van der Waals surface area (Å²) in [5, 5.41) is 0. The van der Waals surface area contributed by atoms with Gasteiger partial charge in [0, 0.05) is 39.1 Å². The van der Waals surface area contributed by atoms with Gasteiger partial charge in [0.1, 0.15) is 0 Å². The zero-order valence-corrected chi connectivity index (χ0v) is 15.0. The maximum atomic E-state index is 12.4. The third-order valence-corrected chi connectivity index (χ3v) is 4.49. The van der Waals surface area contributed by atoms with Crippen molar-refractivity contribution in [2.75, 3.05) is 39.5 Å². The van der Waals surface area contributed by atoms with E-state index in [0.717, 1.165) is 56.2 Å². The van der Waals surface area contributed by atoms with Crippen LogP contribution in [0.2, 0.25) is 0 Å². The first kappa shape index (κ1) is 17.1. The van der Waals surface area contributed by atoms with E-state index in [2.05, 4.69) is 25.7 Å². The Morgan fingerprint density at radius 3 is 2.50 bits per heavy atom. The van der Waals surface area contributed by atoms with Gasteiger partial charge < -0.3 is 14.4 Å². The van der Waals surface area contributed by atoms with E-state index in [9.17, 15) is 4.79 Å². The first-order valence-corrected chi connectivity index (χ1v) is 8.79. The molecule has 1 fully saturated rings. The molecule has 2 aliphatic rings. The summed E-state index contributed by atoms with van der Waals surface area (Å²) in [5.74, 6) is 1.83. The molecule has 1 aromatic rings. The van der Waals surface area contributed by atoms with Crippen molar-refractivity contribution in [3.8, 4) is 11.5 Å². The topological polar surface area (TPSA) is 42.0 Å². The van der Waals surface area contributed by atoms with Gasteiger partial charge in [0.15, 0.2) is 11.5 Å². The molecule has 2 aliphatic heterocycles. The van der Waals surface area contributed by atoms with Crippen LogP contribution in [0.15, 0.2) is 18.2 Å². The standard InChI is InChI=1S/C19H28N2O3/c1-19(2,3)13-20-8-10-21(11-9-20)18(22)7-5-15-4-6-16-17(12-15)24-14-23-16/h4,6,12H,5,7-11,13-14H2,1-3H3. The van der Waals surface area contributed by atoms with Crippen LogP contribution >= 0.6 is 0 Å². The van der Waals surface area contributed by atoms with Crippen molar-refractivity contribution < 1.29 is 14.3 Å². The molecule has 0 aromatic heterocycles. The van der Waals surface area contributed by atoms with E-state index >= 15 is 0 Å². The van der Waals surface area contributed by atoms with E-state index in [-0.39, 0.29) is 12.7 Å². The first-order valence-electron chi connectivity index (χ1n) is 8.79. The maximum Gasteiger partial charge on any atom is 0.231 e. The van der Waals surface area contributed by atoms with Gasteiger partial charge in [-0.15, -0.1) is 0 Å². The van der Waals surface area contributed by atoms with Crippen molar-refractivity contribution in [2.24, 2.45) is 5.41 Å². The molecular weight excluding hydrogens is 304 g/mol. The monoisotopic (exact) mass is 332 g/mol. The van der Waals surface area contributed by atoms with Gasteiger partial charge in [-0.3, -0.25) is 9.69 Å². The Morgan fingerprint density at radius 1 is 1.08 bits per heavy atom. The largest absolute Gasteiger partial charge is 0.454 e. The van der Waals surface area contributed by atoms with Crippen LogP contribution in [0.25, 0.3) is 0 Å². The molecule has 0 spiro atoms. The lowest BCUT2D eigenvalue weighted by Gasteiger charge is -2.37. The molecule has 0 atom stereocenters. The van der Waals surface area contributed by atoms with Crippen molar-refractivity contribution >= 4 is 5.91 Å². The molecule has 24 heavy (non-hydrogen) atoms. The molecule has 5 heteroatoms. The van der Waals surface area contributed by atoms with E-state index < -0.39 is 0 Å². The van der Waals surface area contributed by atoms with Gasteiger partial charge >= 0.3 is 0 Å². The Labute approximate surface area is 144 Å². The number of benzene rings is 1. The van der Waals surface area contributed by atoms with Crippen LogP contribution in [0.4, 0.5) is 0 Å². The quantitative estimate of drug-likeness (QED) is 0.850. The predicted octanol–water partition coefficient (Wildman–Crippen LogP) is 2.54. The summed E-state index contributed by atoms with van der Waals surface area (Å²) in [6.07, 6.45) is 1.30. The van der Waals surface area contributed by atoms with Gasteiger partial charge in [0.2, 0.25) is 12.7 Å². The summed E-state index contributed by atoms with van der Waals surface area (Å²) in [6.45, 7) is 11.8. The Bertz CT molecular complexity index is 587. The number of ether oxygens (including phenoxy) is 2. The molecule has 0 unspecified atom stereocenters. The van der Waals surface area contributed by atoms with Gasteiger partial charge in [0.25, 0.3) is 0 Å². The molecule has 132 valence electrons. The molecule has 0 bridgehead atoms. The minimum Gasteiger partial charge on any atom is -0.454 e. The maximum absolute atomic E-state index is 12.4. The summed E-state index contributed by atoms with van der Waals surface area (Å²) in [6, 6.07) is 5.92. The lowest BCUT2D eigenvalue weighted by molar-refractivity contribution is -0.133. The SMILES string of the molecule is CC(C)(C)CN1CCN(C(=O)CCc2ccc3c(c2)OCO3)CC1. The number of piperazine rings is 1. The summed E-state index contributed by atoms with van der Waals surface area (Å²) in [7, 11) is 0. The van der Waals surface area contributed by atoms with E-state index in [1.165, 1.54) is 0 Å². The Balaban J connectivity index is 1.45. The van der Waals surface area contributed by atoms with Crippen molar-refractivity contribution in [3.05, 3.63) is 23.8 Å². The second-order valence-electron chi connectivity index (χ2n) is 7.91. The Morgan fingerprint density at radius 2 is 1.79 bits per heavy atom. The number of carbonyl (C=O) groups excluding carboxylic acids is 1. The molecule has 5 nitrogen and oxygen atoms in total. The average molecular weight is 332 g/mol. The van der Waals surface area contributed by atoms with Gasteiger partial charge in [-0.1, -0.05) is 26.8 Å². The molecule has 1 saturated heterocycles. The zero-order valence-electron chi connectivity index (χ0n) is 15.0. The second kappa shape index (κ2) is 7.01. The van der Waals surface area contributed by atoms with E-state index in [0.29, 0.717) is 11.8 Å². The summed E-state index contributed by atoms with van der Waals surface area (Å²) >= 11 is 0. The van der Waals surface area contributed by atoms with Crippen LogP contribution in [0.5, 0.6) is 11.5 Å². The van der Waals surface area contributed by atoms with E-state index in [4.69, 9.17) is 9.47 Å². The Hall–Kier alpha value is -1.75. The van der Waals surface area contributed by atoms with E-state index in [1.807, 2.05) is 23.1 Å². The van der Waals surface area contributed by atoms with Crippen LogP contribution < -0.4 is 9.47 Å². The number of carbonyl (C=O) groups is 1. The van der Waals surface area contributed by atoms with Crippen LogP contribution in [-0.2, 0) is 11.2 Å². The molecule has 0 N–H and O–H groups in total.